The number of rotatable bonds is 0. The molecule has 9 aliphatic rings. The Morgan fingerprint density at radius 1 is 0.310 bits per heavy atom. The molecular weight excluding hydrogens is 588 g/mol. The molecule has 0 amide bonds. The average Bonchev–Trinajstić information content (AvgIpc) is 3.73. The van der Waals surface area contributed by atoms with Gasteiger partial charge in [0.2, 0.25) is 0 Å². The van der Waals surface area contributed by atoms with Gasteiger partial charge in [-0.3, -0.25) is 42.5 Å². The van der Waals surface area contributed by atoms with E-state index in [4.69, 9.17) is 11.6 Å². The van der Waals surface area contributed by atoms with Crippen LogP contribution < -0.4 is 42.5 Å². The van der Waals surface area contributed by atoms with Crippen LogP contribution in [0.15, 0.2) is 0 Å². The zero-order chi connectivity index (χ0) is 27.1. The standard InChI is InChI=1S/C32H55ClN8.Fe/c33-23-15-7-14-22-24(23)32-40-30-21-13-6-5-12-20(21)28(38-30)36-26-17-9-2-1-8-16(17)25(34-26)35-27-18-10-3-4-11-19(18)29(37-27)39-31(22)41-32;/h16-32,34-41H,1-15H2;. The van der Waals surface area contributed by atoms with Crippen molar-refractivity contribution in [3.63, 3.8) is 0 Å². The number of hydrogen-bond donors (Lipinski definition) is 8. The summed E-state index contributed by atoms with van der Waals surface area (Å²) in [4.78, 5) is 0. The molecule has 0 radical (unpaired) electrons. The summed E-state index contributed by atoms with van der Waals surface area (Å²) in [5.41, 5.74) is 0. The Bertz CT molecular complexity index is 959. The Kier molecular flexibility index (Phi) is 8.72. The maximum Gasteiger partial charge on any atom is 0.0642 e. The summed E-state index contributed by atoms with van der Waals surface area (Å²) < 4.78 is 0. The minimum Gasteiger partial charge on any atom is -0.286 e. The van der Waals surface area contributed by atoms with Gasteiger partial charge in [0.05, 0.1) is 49.3 Å². The summed E-state index contributed by atoms with van der Waals surface area (Å²) >= 11 is 7.19. The minimum atomic E-state index is 0. The number of fused-ring (bicyclic) bond motifs is 20. The number of alkyl halides is 1. The molecule has 5 heterocycles. The van der Waals surface area contributed by atoms with Crippen LogP contribution in [-0.2, 0) is 17.1 Å². The van der Waals surface area contributed by atoms with Crippen LogP contribution in [0.1, 0.15) is 96.3 Å². The van der Waals surface area contributed by atoms with E-state index in [2.05, 4.69) is 42.5 Å². The largest absolute Gasteiger partial charge is 0.286 e. The molecule has 4 saturated carbocycles. The second-order valence-corrected chi connectivity index (χ2v) is 16.2. The van der Waals surface area contributed by atoms with Crippen LogP contribution >= 0.6 is 11.6 Å². The van der Waals surface area contributed by atoms with E-state index in [0.29, 0.717) is 78.7 Å². The van der Waals surface area contributed by atoms with Crippen LogP contribution in [0.4, 0.5) is 0 Å². The first kappa shape index (κ1) is 29.9. The molecule has 42 heavy (non-hydrogen) atoms. The van der Waals surface area contributed by atoms with Gasteiger partial charge in [-0.15, -0.1) is 11.6 Å². The predicted molar refractivity (Wildman–Crippen MR) is 162 cm³/mol. The first-order valence-corrected chi connectivity index (χ1v) is 18.4. The molecule has 0 aromatic carbocycles. The molecule has 238 valence electrons. The van der Waals surface area contributed by atoms with Crippen molar-refractivity contribution in [1.29, 1.82) is 0 Å². The fourth-order valence-electron chi connectivity index (χ4n) is 12.0. The molecule has 0 spiro atoms. The summed E-state index contributed by atoms with van der Waals surface area (Å²) in [5, 5.41) is 33.8. The van der Waals surface area contributed by atoms with Gasteiger partial charge >= 0.3 is 0 Å². The maximum absolute atomic E-state index is 7.19. The van der Waals surface area contributed by atoms with Crippen molar-refractivity contribution in [2.24, 2.45) is 47.3 Å². The zero-order valence-corrected chi connectivity index (χ0v) is 27.0. The molecule has 17 unspecified atom stereocenters. The van der Waals surface area contributed by atoms with Gasteiger partial charge in [-0.2, -0.15) is 0 Å². The molecule has 0 aromatic heterocycles. The summed E-state index contributed by atoms with van der Waals surface area (Å²) in [6, 6.07) is 0. The Morgan fingerprint density at radius 3 is 0.905 bits per heavy atom. The summed E-state index contributed by atoms with van der Waals surface area (Å²) in [7, 11) is 0. The smallest absolute Gasteiger partial charge is 0.0642 e. The number of nitrogens with one attached hydrogen (secondary N) is 8. The molecule has 9 fully saturated rings. The van der Waals surface area contributed by atoms with Gasteiger partial charge < -0.3 is 0 Å². The van der Waals surface area contributed by atoms with Gasteiger partial charge in [0.25, 0.3) is 0 Å². The average molecular weight is 643 g/mol. The van der Waals surface area contributed by atoms with Crippen molar-refractivity contribution in [2.75, 3.05) is 0 Å². The van der Waals surface area contributed by atoms with Crippen LogP contribution in [0, 0.1) is 47.3 Å². The molecule has 8 bridgehead atoms. The zero-order valence-electron chi connectivity index (χ0n) is 25.2. The molecule has 17 atom stereocenters. The van der Waals surface area contributed by atoms with Crippen LogP contribution in [0.25, 0.3) is 0 Å². The summed E-state index contributed by atoms with van der Waals surface area (Å²) in [6.07, 6.45) is 22.9. The monoisotopic (exact) mass is 642 g/mol. The van der Waals surface area contributed by atoms with E-state index in [-0.39, 0.29) is 28.6 Å². The van der Waals surface area contributed by atoms with E-state index in [1.165, 1.54) is 89.9 Å². The van der Waals surface area contributed by atoms with E-state index < -0.39 is 0 Å². The third-order valence-electron chi connectivity index (χ3n) is 13.8. The molecule has 5 aliphatic heterocycles. The van der Waals surface area contributed by atoms with Crippen LogP contribution in [0.3, 0.4) is 0 Å². The van der Waals surface area contributed by atoms with E-state index in [1.807, 2.05) is 0 Å². The molecule has 5 saturated heterocycles. The Balaban J connectivity index is 0.00000267. The van der Waals surface area contributed by atoms with Gasteiger partial charge in [-0.25, -0.2) is 0 Å². The van der Waals surface area contributed by atoms with E-state index in [1.54, 1.807) is 0 Å². The first-order chi connectivity index (χ1) is 20.2. The molecular formula is C32H55ClFeN8. The molecule has 0 aromatic rings. The van der Waals surface area contributed by atoms with Crippen LogP contribution in [0.2, 0.25) is 0 Å². The van der Waals surface area contributed by atoms with E-state index >= 15 is 0 Å². The van der Waals surface area contributed by atoms with Gasteiger partial charge in [0.1, 0.15) is 0 Å². The first-order valence-electron chi connectivity index (χ1n) is 17.9. The molecule has 4 aliphatic carbocycles. The quantitative estimate of drug-likeness (QED) is 0.151. The SMILES string of the molecule is ClC1CCCC2C3NC4NC(NC5NC(NC6NC(NC(N3)C12)C1CCCCC61)C1CCCCC51)C1CCCCC41.[Fe]. The number of halogens is 1. The maximum atomic E-state index is 7.19. The normalized spacial score (nSPS) is 56.9. The van der Waals surface area contributed by atoms with Crippen LogP contribution in [-0.4, -0.2) is 54.7 Å². The second-order valence-electron chi connectivity index (χ2n) is 15.7. The Hall–Kier alpha value is 0.489. The van der Waals surface area contributed by atoms with Gasteiger partial charge in [-0.1, -0.05) is 44.9 Å². The summed E-state index contributed by atoms with van der Waals surface area (Å²) in [6.45, 7) is 0. The predicted octanol–water partition coefficient (Wildman–Crippen LogP) is 2.82. The van der Waals surface area contributed by atoms with Gasteiger partial charge in [0.15, 0.2) is 0 Å². The van der Waals surface area contributed by atoms with E-state index in [9.17, 15) is 0 Å². The fraction of sp³-hybridized carbons (Fsp3) is 1.00. The van der Waals surface area contributed by atoms with Gasteiger partial charge in [-0.05, 0) is 92.8 Å². The fourth-order valence-corrected chi connectivity index (χ4v) is 12.5. The number of hydrogen-bond acceptors (Lipinski definition) is 8. The van der Waals surface area contributed by atoms with Gasteiger partial charge in [0, 0.05) is 28.4 Å². The van der Waals surface area contributed by atoms with Crippen molar-refractivity contribution in [3.8, 4) is 0 Å². The van der Waals surface area contributed by atoms with Crippen molar-refractivity contribution in [1.82, 2.24) is 42.5 Å². The van der Waals surface area contributed by atoms with Crippen molar-refractivity contribution in [3.05, 3.63) is 0 Å². The van der Waals surface area contributed by atoms with Crippen molar-refractivity contribution in [2.45, 2.75) is 151 Å². The molecule has 9 rings (SSSR count). The third kappa shape index (κ3) is 5.08. The minimum absolute atomic E-state index is 0. The second kappa shape index (κ2) is 12.3. The van der Waals surface area contributed by atoms with Crippen molar-refractivity contribution < 1.29 is 17.1 Å². The molecule has 10 heteroatoms. The molecule has 8 N–H and O–H groups in total. The Labute approximate surface area is 268 Å². The van der Waals surface area contributed by atoms with Crippen molar-refractivity contribution >= 4 is 11.6 Å². The van der Waals surface area contributed by atoms with Crippen LogP contribution in [0.5, 0.6) is 0 Å². The topological polar surface area (TPSA) is 96.2 Å². The molecule has 8 nitrogen and oxygen atoms in total. The third-order valence-corrected chi connectivity index (χ3v) is 14.3. The van der Waals surface area contributed by atoms with E-state index in [0.717, 1.165) is 18.3 Å². The summed E-state index contributed by atoms with van der Waals surface area (Å²) in [5.74, 6) is 5.34. The Morgan fingerprint density at radius 2 is 0.571 bits per heavy atom.